The first-order chi connectivity index (χ1) is 36.0. The van der Waals surface area contributed by atoms with E-state index in [1.807, 2.05) is 0 Å². The fraction of sp³-hybridized carbons (Fsp3) is 0.836. The highest BCUT2D eigenvalue weighted by Gasteiger charge is 2.28. The van der Waals surface area contributed by atoms with Crippen LogP contribution >= 0.6 is 0 Å². The Hall–Kier alpha value is -1.99. The Bertz CT molecular complexity index is 1240. The molecule has 0 aromatic carbocycles. The van der Waals surface area contributed by atoms with Crippen molar-refractivity contribution in [1.29, 1.82) is 0 Å². The van der Waals surface area contributed by atoms with Gasteiger partial charge in [0.25, 0.3) is 0 Å². The maximum Gasteiger partial charge on any atom is 0.249 e. The monoisotopic (exact) mass is 1020 g/mol. The van der Waals surface area contributed by atoms with Crippen molar-refractivity contribution in [2.75, 3.05) is 6.61 Å². The second kappa shape index (κ2) is 60.9. The molecule has 0 fully saturated rings. The van der Waals surface area contributed by atoms with Crippen molar-refractivity contribution in [3.63, 3.8) is 0 Å². The average Bonchev–Trinajstić information content (AvgIpc) is 3.40. The molecule has 1 amide bonds. The van der Waals surface area contributed by atoms with E-state index >= 15 is 0 Å². The summed E-state index contributed by atoms with van der Waals surface area (Å²) < 4.78 is 0. The van der Waals surface area contributed by atoms with E-state index in [0.717, 1.165) is 57.8 Å². The highest BCUT2D eigenvalue weighted by atomic mass is 16.3. The molecule has 0 aliphatic carbocycles. The molecule has 0 spiro atoms. The maximum atomic E-state index is 12.6. The third-order valence-corrected chi connectivity index (χ3v) is 14.9. The molecule has 6 heteroatoms. The minimum absolute atomic E-state index is 0.353. The number of aliphatic hydroxyl groups is 4. The second-order valence-electron chi connectivity index (χ2n) is 22.1. The van der Waals surface area contributed by atoms with Gasteiger partial charge in [0.05, 0.1) is 18.8 Å². The van der Waals surface area contributed by atoms with Gasteiger partial charge in [0.15, 0.2) is 0 Å². The lowest BCUT2D eigenvalue weighted by molar-refractivity contribution is -0.132. The third kappa shape index (κ3) is 54.6. The summed E-state index contributed by atoms with van der Waals surface area (Å²) in [4.78, 5) is 12.6. The SMILES string of the molecule is CCCCCCCCCCC/C=C\C/C=C\CCCCCCCCCCCCC(O)C(=O)NC(CO)C(O)C(O)CCC/C=C/CC/C=C/CC/C=C/CCCCCCCCCCCCCCCCCCCC. The molecular formula is C67H125NO5. The molecule has 0 aromatic rings. The van der Waals surface area contributed by atoms with Gasteiger partial charge in [-0.2, -0.15) is 0 Å². The minimum Gasteiger partial charge on any atom is -0.394 e. The normalized spacial score (nSPS) is 14.0. The first kappa shape index (κ1) is 71.0. The summed E-state index contributed by atoms with van der Waals surface area (Å²) in [5.41, 5.74) is 0. The first-order valence-electron chi connectivity index (χ1n) is 32.2. The molecule has 0 aromatic heterocycles. The van der Waals surface area contributed by atoms with Crippen molar-refractivity contribution in [2.24, 2.45) is 0 Å². The Morgan fingerprint density at radius 1 is 0.342 bits per heavy atom. The molecule has 6 nitrogen and oxygen atoms in total. The van der Waals surface area contributed by atoms with Gasteiger partial charge >= 0.3 is 0 Å². The van der Waals surface area contributed by atoms with E-state index in [0.29, 0.717) is 19.3 Å². The van der Waals surface area contributed by atoms with Gasteiger partial charge < -0.3 is 25.7 Å². The van der Waals surface area contributed by atoms with Crippen molar-refractivity contribution < 1.29 is 25.2 Å². The van der Waals surface area contributed by atoms with Gasteiger partial charge in [-0.05, 0) is 96.3 Å². The van der Waals surface area contributed by atoms with Gasteiger partial charge in [0, 0.05) is 0 Å². The second-order valence-corrected chi connectivity index (χ2v) is 22.1. The van der Waals surface area contributed by atoms with Crippen molar-refractivity contribution in [1.82, 2.24) is 5.32 Å². The van der Waals surface area contributed by atoms with E-state index in [1.54, 1.807) is 0 Å². The van der Waals surface area contributed by atoms with E-state index in [9.17, 15) is 25.2 Å². The lowest BCUT2D eigenvalue weighted by Gasteiger charge is -2.27. The van der Waals surface area contributed by atoms with E-state index in [-0.39, 0.29) is 0 Å². The van der Waals surface area contributed by atoms with Crippen LogP contribution in [0.4, 0.5) is 0 Å². The van der Waals surface area contributed by atoms with E-state index in [1.165, 1.54) is 238 Å². The predicted molar refractivity (Wildman–Crippen MR) is 320 cm³/mol. The topological polar surface area (TPSA) is 110 Å². The molecule has 0 saturated carbocycles. The number of aliphatic hydroxyl groups excluding tert-OH is 4. The number of hydrogen-bond donors (Lipinski definition) is 5. The molecular weight excluding hydrogens is 899 g/mol. The highest BCUT2D eigenvalue weighted by Crippen LogP contribution is 2.17. The summed E-state index contributed by atoms with van der Waals surface area (Å²) in [6, 6.07) is -1.02. The lowest BCUT2D eigenvalue weighted by Crippen LogP contribution is -2.53. The van der Waals surface area contributed by atoms with Crippen molar-refractivity contribution >= 4 is 5.91 Å². The van der Waals surface area contributed by atoms with Crippen LogP contribution in [0.3, 0.4) is 0 Å². The highest BCUT2D eigenvalue weighted by molar-refractivity contribution is 5.80. The van der Waals surface area contributed by atoms with Crippen LogP contribution in [0.15, 0.2) is 60.8 Å². The molecule has 4 unspecified atom stereocenters. The van der Waals surface area contributed by atoms with Gasteiger partial charge in [0.2, 0.25) is 5.91 Å². The van der Waals surface area contributed by atoms with Gasteiger partial charge in [-0.15, -0.1) is 0 Å². The summed E-state index contributed by atoms with van der Waals surface area (Å²) >= 11 is 0. The van der Waals surface area contributed by atoms with Gasteiger partial charge in [0.1, 0.15) is 12.2 Å². The zero-order valence-corrected chi connectivity index (χ0v) is 48.6. The maximum absolute atomic E-state index is 12.6. The Morgan fingerprint density at radius 2 is 0.616 bits per heavy atom. The van der Waals surface area contributed by atoms with Crippen molar-refractivity contribution in [3.8, 4) is 0 Å². The average molecular weight is 1020 g/mol. The summed E-state index contributed by atoms with van der Waals surface area (Å²) in [5.74, 6) is -0.600. The van der Waals surface area contributed by atoms with Crippen LogP contribution in [0.2, 0.25) is 0 Å². The van der Waals surface area contributed by atoms with Crippen LogP contribution in [-0.4, -0.2) is 57.3 Å². The molecule has 5 N–H and O–H groups in total. The zero-order valence-electron chi connectivity index (χ0n) is 48.6. The summed E-state index contributed by atoms with van der Waals surface area (Å²) in [7, 11) is 0. The number of rotatable bonds is 59. The lowest BCUT2D eigenvalue weighted by atomic mass is 10.00. The summed E-state index contributed by atoms with van der Waals surface area (Å²) in [5, 5.41) is 44.1. The number of carbonyl (C=O) groups is 1. The quantitative estimate of drug-likeness (QED) is 0.0308. The number of carbonyl (C=O) groups excluding carboxylic acids is 1. The largest absolute Gasteiger partial charge is 0.394 e. The summed E-state index contributed by atoms with van der Waals surface area (Å²) in [6.45, 7) is 4.07. The predicted octanol–water partition coefficient (Wildman–Crippen LogP) is 19.5. The number of amides is 1. The number of hydrogen-bond acceptors (Lipinski definition) is 5. The molecule has 0 bridgehead atoms. The Kier molecular flexibility index (Phi) is 59.2. The molecule has 0 heterocycles. The molecule has 73 heavy (non-hydrogen) atoms. The molecule has 0 aliphatic heterocycles. The Labute approximate surface area is 454 Å². The fourth-order valence-corrected chi connectivity index (χ4v) is 9.88. The number of nitrogens with one attached hydrogen (secondary N) is 1. The van der Waals surface area contributed by atoms with Crippen LogP contribution in [0, 0.1) is 0 Å². The zero-order chi connectivity index (χ0) is 53.0. The van der Waals surface area contributed by atoms with Gasteiger partial charge in [-0.25, -0.2) is 0 Å². The molecule has 0 radical (unpaired) electrons. The van der Waals surface area contributed by atoms with E-state index in [2.05, 4.69) is 79.9 Å². The molecule has 428 valence electrons. The first-order valence-corrected chi connectivity index (χ1v) is 32.2. The van der Waals surface area contributed by atoms with Crippen molar-refractivity contribution in [3.05, 3.63) is 60.8 Å². The number of allylic oxidation sites excluding steroid dienone is 10. The van der Waals surface area contributed by atoms with E-state index < -0.39 is 36.9 Å². The number of unbranched alkanes of at least 4 members (excludes halogenated alkanes) is 40. The smallest absolute Gasteiger partial charge is 0.249 e. The molecule has 4 atom stereocenters. The van der Waals surface area contributed by atoms with Crippen LogP contribution in [0.1, 0.15) is 328 Å². The molecule has 0 rings (SSSR count). The van der Waals surface area contributed by atoms with Crippen LogP contribution in [0.25, 0.3) is 0 Å². The molecule has 0 saturated heterocycles. The minimum atomic E-state index is -1.30. The van der Waals surface area contributed by atoms with Crippen LogP contribution in [-0.2, 0) is 4.79 Å². The van der Waals surface area contributed by atoms with Crippen LogP contribution < -0.4 is 5.32 Å². The van der Waals surface area contributed by atoms with Crippen LogP contribution in [0.5, 0.6) is 0 Å². The summed E-state index contributed by atoms with van der Waals surface area (Å²) in [6.07, 6.45) is 80.3. The van der Waals surface area contributed by atoms with Crippen molar-refractivity contribution in [2.45, 2.75) is 353 Å². The Balaban J connectivity index is 3.68. The van der Waals surface area contributed by atoms with Gasteiger partial charge in [-0.1, -0.05) is 293 Å². The third-order valence-electron chi connectivity index (χ3n) is 14.9. The van der Waals surface area contributed by atoms with Gasteiger partial charge in [-0.3, -0.25) is 4.79 Å². The molecule has 0 aliphatic rings. The standard InChI is InChI=1S/C67H125NO5/c1-3-5-7-9-11-13-15-17-19-21-23-25-27-29-31-32-33-34-35-37-38-40-42-44-46-48-50-52-54-56-58-60-64(70)66(72)63(62-69)68-67(73)65(71)61-59-57-55-53-51-49-47-45-43-41-39-36-30-28-26-24-22-20-18-16-14-12-10-8-6-4-2/h24,26,30,36-38,44,46,52,54,63-66,69-72H,3-23,25,27-29,31-35,39-43,45,47-51,53,55-62H2,1-2H3,(H,68,73)/b26-24-,36-30-,38-37+,46-44+,54-52+. The Morgan fingerprint density at radius 3 is 0.945 bits per heavy atom. The fourth-order valence-electron chi connectivity index (χ4n) is 9.88. The van der Waals surface area contributed by atoms with E-state index in [4.69, 9.17) is 0 Å².